The van der Waals surface area contributed by atoms with Gasteiger partial charge in [0.05, 0.1) is 16.3 Å². The van der Waals surface area contributed by atoms with E-state index in [4.69, 9.17) is 17.3 Å². The zero-order chi connectivity index (χ0) is 21.2. The summed E-state index contributed by atoms with van der Waals surface area (Å²) >= 11 is 6.79. The highest BCUT2D eigenvalue weighted by molar-refractivity contribution is 8.27. The van der Waals surface area contributed by atoms with Gasteiger partial charge in [-0.2, -0.15) is 5.10 Å². The van der Waals surface area contributed by atoms with Crippen LogP contribution in [-0.4, -0.2) is 25.0 Å². The van der Waals surface area contributed by atoms with Gasteiger partial charge in [0.15, 0.2) is 4.32 Å². The first-order valence-electron chi connectivity index (χ1n) is 9.59. The number of hydrogen-bond donors (Lipinski definition) is 0. The number of thiocarbonyl (C=S) groups is 1. The summed E-state index contributed by atoms with van der Waals surface area (Å²) in [6.07, 6.45) is 7.27. The first-order chi connectivity index (χ1) is 15.2. The number of nitrogens with zero attached hydrogens (tertiary/aromatic N) is 4. The first-order valence-corrected chi connectivity index (χ1v) is 10.8. The van der Waals surface area contributed by atoms with E-state index < -0.39 is 0 Å². The van der Waals surface area contributed by atoms with Gasteiger partial charge in [-0.15, -0.1) is 0 Å². The molecule has 5 rings (SSSR count). The van der Waals surface area contributed by atoms with Crippen LogP contribution in [0.2, 0.25) is 0 Å². The Morgan fingerprint density at radius 3 is 2.29 bits per heavy atom. The Balaban J connectivity index is 1.58. The van der Waals surface area contributed by atoms with Gasteiger partial charge in [-0.3, -0.25) is 14.7 Å². The molecule has 150 valence electrons. The summed E-state index contributed by atoms with van der Waals surface area (Å²) in [5.41, 5.74) is 4.15. The summed E-state index contributed by atoms with van der Waals surface area (Å²) in [4.78, 5) is 19.5. The van der Waals surface area contributed by atoms with Crippen molar-refractivity contribution in [2.45, 2.75) is 0 Å². The molecule has 0 aliphatic carbocycles. The van der Waals surface area contributed by atoms with Gasteiger partial charge in [-0.25, -0.2) is 4.68 Å². The monoisotopic (exact) mass is 440 g/mol. The highest BCUT2D eigenvalue weighted by Crippen LogP contribution is 2.37. The van der Waals surface area contributed by atoms with E-state index in [-0.39, 0.29) is 5.91 Å². The Kier molecular flexibility index (Phi) is 5.19. The van der Waals surface area contributed by atoms with Gasteiger partial charge in [0.2, 0.25) is 0 Å². The fraction of sp³-hybridized carbons (Fsp3) is 0. The minimum atomic E-state index is -0.134. The number of amides is 1. The number of aromatic nitrogens is 3. The molecule has 1 saturated heterocycles. The maximum atomic E-state index is 13.2. The lowest BCUT2D eigenvalue weighted by Crippen LogP contribution is -2.27. The van der Waals surface area contributed by atoms with E-state index in [2.05, 4.69) is 4.98 Å². The van der Waals surface area contributed by atoms with Crippen LogP contribution in [0.25, 0.3) is 23.0 Å². The summed E-state index contributed by atoms with van der Waals surface area (Å²) < 4.78 is 2.33. The van der Waals surface area contributed by atoms with Crippen molar-refractivity contribution in [3.05, 3.63) is 102 Å². The Morgan fingerprint density at radius 1 is 0.903 bits per heavy atom. The summed E-state index contributed by atoms with van der Waals surface area (Å²) in [7, 11) is 0. The maximum Gasteiger partial charge on any atom is 0.270 e. The Labute approximate surface area is 189 Å². The van der Waals surface area contributed by atoms with E-state index in [0.29, 0.717) is 9.23 Å². The molecule has 0 atom stereocenters. The fourth-order valence-corrected chi connectivity index (χ4v) is 4.63. The molecule has 1 fully saturated rings. The lowest BCUT2D eigenvalue weighted by atomic mass is 10.1. The maximum absolute atomic E-state index is 13.2. The highest BCUT2D eigenvalue weighted by atomic mass is 32.2. The molecule has 0 spiro atoms. The van der Waals surface area contributed by atoms with Crippen LogP contribution in [-0.2, 0) is 4.79 Å². The van der Waals surface area contributed by atoms with Gasteiger partial charge in [0.25, 0.3) is 5.91 Å². The van der Waals surface area contributed by atoms with Gasteiger partial charge >= 0.3 is 0 Å². The second-order valence-corrected chi connectivity index (χ2v) is 8.48. The average Bonchev–Trinajstić information content (AvgIpc) is 3.36. The van der Waals surface area contributed by atoms with Crippen molar-refractivity contribution < 1.29 is 4.79 Å². The predicted octanol–water partition coefficient (Wildman–Crippen LogP) is 5.34. The Bertz CT molecular complexity index is 1290. The Hall–Kier alpha value is -3.55. The van der Waals surface area contributed by atoms with E-state index in [1.54, 1.807) is 17.3 Å². The van der Waals surface area contributed by atoms with E-state index in [9.17, 15) is 4.79 Å². The van der Waals surface area contributed by atoms with Gasteiger partial charge in [0.1, 0.15) is 5.69 Å². The fourth-order valence-electron chi connectivity index (χ4n) is 3.34. The van der Waals surface area contributed by atoms with Crippen molar-refractivity contribution in [2.75, 3.05) is 4.90 Å². The molecule has 0 N–H and O–H groups in total. The van der Waals surface area contributed by atoms with E-state index in [1.165, 1.54) is 11.8 Å². The molecule has 3 heterocycles. The van der Waals surface area contributed by atoms with Crippen molar-refractivity contribution in [3.8, 4) is 16.9 Å². The number of carbonyl (C=O) groups is 1. The second-order valence-electron chi connectivity index (χ2n) is 6.81. The van der Waals surface area contributed by atoms with Crippen LogP contribution in [0.15, 0.2) is 96.3 Å². The van der Waals surface area contributed by atoms with Crippen LogP contribution in [0.5, 0.6) is 0 Å². The minimum Gasteiger partial charge on any atom is -0.268 e. The van der Waals surface area contributed by atoms with Crippen LogP contribution >= 0.6 is 24.0 Å². The third-order valence-corrected chi connectivity index (χ3v) is 6.10. The van der Waals surface area contributed by atoms with Crippen molar-refractivity contribution in [3.63, 3.8) is 0 Å². The Morgan fingerprint density at radius 2 is 1.61 bits per heavy atom. The second kappa shape index (κ2) is 8.29. The molecule has 4 aromatic rings. The molecule has 0 bridgehead atoms. The molecule has 0 radical (unpaired) electrons. The number of para-hydroxylation sites is 2. The largest absolute Gasteiger partial charge is 0.270 e. The van der Waals surface area contributed by atoms with E-state index >= 15 is 0 Å². The summed E-state index contributed by atoms with van der Waals surface area (Å²) in [5.74, 6) is -0.134. The standard InChI is InChI=1S/C24H16N4OS2/c29-23-21(31-24(30)28(23)20-11-5-2-6-12-20)14-18-16-27(19-9-3-1-4-10-19)26-22(18)17-8-7-13-25-15-17/h1-16H/b21-14-. The molecular weight excluding hydrogens is 424 g/mol. The molecule has 1 aliphatic heterocycles. The molecule has 2 aromatic heterocycles. The molecule has 31 heavy (non-hydrogen) atoms. The van der Waals surface area contributed by atoms with Crippen molar-refractivity contribution in [2.24, 2.45) is 0 Å². The lowest BCUT2D eigenvalue weighted by molar-refractivity contribution is -0.113. The van der Waals surface area contributed by atoms with Crippen molar-refractivity contribution >= 4 is 46.0 Å². The van der Waals surface area contributed by atoms with Crippen molar-refractivity contribution in [1.29, 1.82) is 0 Å². The van der Waals surface area contributed by atoms with Crippen LogP contribution in [0.3, 0.4) is 0 Å². The summed E-state index contributed by atoms with van der Waals surface area (Å²) in [5, 5.41) is 4.78. The van der Waals surface area contributed by atoms with Crippen LogP contribution in [0.1, 0.15) is 5.56 Å². The zero-order valence-electron chi connectivity index (χ0n) is 16.3. The normalized spacial score (nSPS) is 15.1. The number of benzene rings is 2. The zero-order valence-corrected chi connectivity index (χ0v) is 17.9. The lowest BCUT2D eigenvalue weighted by Gasteiger charge is -2.13. The molecule has 1 amide bonds. The number of hydrogen-bond acceptors (Lipinski definition) is 5. The number of thioether (sulfide) groups is 1. The number of carbonyl (C=O) groups excluding carboxylic acids is 1. The topological polar surface area (TPSA) is 51.0 Å². The first kappa shape index (κ1) is 19.4. The quantitative estimate of drug-likeness (QED) is 0.317. The van der Waals surface area contributed by atoms with Gasteiger partial charge in [0, 0.05) is 29.7 Å². The molecule has 5 nitrogen and oxygen atoms in total. The molecular formula is C24H16N4OS2. The molecule has 0 saturated carbocycles. The van der Waals surface area contributed by atoms with Gasteiger partial charge in [-0.1, -0.05) is 60.4 Å². The van der Waals surface area contributed by atoms with E-state index in [0.717, 1.165) is 28.2 Å². The number of anilines is 1. The average molecular weight is 441 g/mol. The number of pyridine rings is 1. The summed E-state index contributed by atoms with van der Waals surface area (Å²) in [6, 6.07) is 23.1. The minimum absolute atomic E-state index is 0.134. The SMILES string of the molecule is O=C1/C(=C/c2cn(-c3ccccc3)nc2-c2cccnc2)SC(=S)N1c1ccccc1. The van der Waals surface area contributed by atoms with Gasteiger partial charge < -0.3 is 0 Å². The van der Waals surface area contributed by atoms with Crippen LogP contribution in [0, 0.1) is 0 Å². The molecule has 0 unspecified atom stereocenters. The van der Waals surface area contributed by atoms with Gasteiger partial charge in [-0.05, 0) is 42.5 Å². The van der Waals surface area contributed by atoms with Crippen LogP contribution < -0.4 is 4.90 Å². The van der Waals surface area contributed by atoms with Crippen LogP contribution in [0.4, 0.5) is 5.69 Å². The molecule has 1 aliphatic rings. The van der Waals surface area contributed by atoms with Crippen molar-refractivity contribution in [1.82, 2.24) is 14.8 Å². The third kappa shape index (κ3) is 3.81. The summed E-state index contributed by atoms with van der Waals surface area (Å²) in [6.45, 7) is 0. The highest BCUT2D eigenvalue weighted by Gasteiger charge is 2.33. The van der Waals surface area contributed by atoms with E-state index in [1.807, 2.05) is 89.8 Å². The third-order valence-electron chi connectivity index (χ3n) is 4.79. The smallest absolute Gasteiger partial charge is 0.268 e. The molecule has 2 aromatic carbocycles. The predicted molar refractivity (Wildman–Crippen MR) is 129 cm³/mol. The molecule has 7 heteroatoms. The number of rotatable bonds is 4.